The van der Waals surface area contributed by atoms with E-state index in [1.54, 1.807) is 0 Å². The molecule has 0 aromatic heterocycles. The standard InChI is InChI=1S/C11H25NO2S/c1-4-5-6-7-8-11(12-2)9-10-15(3,13)14/h11-12H,4-10H2,1-3H3. The Morgan fingerprint density at radius 3 is 2.27 bits per heavy atom. The lowest BCUT2D eigenvalue weighted by atomic mass is 10.1. The monoisotopic (exact) mass is 235 g/mol. The number of rotatable bonds is 9. The van der Waals surface area contributed by atoms with Crippen LogP contribution in [0.25, 0.3) is 0 Å². The van der Waals surface area contributed by atoms with Gasteiger partial charge in [-0.3, -0.25) is 0 Å². The minimum absolute atomic E-state index is 0.298. The molecule has 1 N–H and O–H groups in total. The molecule has 0 aromatic rings. The van der Waals surface area contributed by atoms with E-state index in [1.165, 1.54) is 31.9 Å². The Bertz CT molecular complexity index is 237. The third-order valence-corrected chi connectivity index (χ3v) is 3.63. The molecule has 0 rings (SSSR count). The van der Waals surface area contributed by atoms with Gasteiger partial charge in [-0.05, 0) is 19.9 Å². The summed E-state index contributed by atoms with van der Waals surface area (Å²) in [5.74, 6) is 0.298. The molecule has 0 amide bonds. The van der Waals surface area contributed by atoms with Crippen molar-refractivity contribution in [1.29, 1.82) is 0 Å². The molecular weight excluding hydrogens is 210 g/mol. The predicted molar refractivity (Wildman–Crippen MR) is 65.9 cm³/mol. The van der Waals surface area contributed by atoms with Crippen LogP contribution in [0.5, 0.6) is 0 Å². The van der Waals surface area contributed by atoms with E-state index in [0.717, 1.165) is 12.8 Å². The predicted octanol–water partition coefficient (Wildman–Crippen LogP) is 1.98. The summed E-state index contributed by atoms with van der Waals surface area (Å²) in [5.41, 5.74) is 0. The molecule has 0 spiro atoms. The van der Waals surface area contributed by atoms with Gasteiger partial charge in [-0.2, -0.15) is 0 Å². The zero-order valence-electron chi connectivity index (χ0n) is 10.3. The third kappa shape index (κ3) is 10.2. The lowest BCUT2D eigenvalue weighted by Crippen LogP contribution is -2.27. The van der Waals surface area contributed by atoms with Crippen molar-refractivity contribution >= 4 is 9.84 Å². The molecule has 0 aliphatic carbocycles. The molecule has 1 atom stereocenters. The van der Waals surface area contributed by atoms with Gasteiger partial charge in [0.05, 0.1) is 5.75 Å². The molecule has 0 aliphatic heterocycles. The van der Waals surface area contributed by atoms with E-state index in [4.69, 9.17) is 0 Å². The first-order valence-electron chi connectivity index (χ1n) is 5.84. The second-order valence-corrected chi connectivity index (χ2v) is 6.51. The fourth-order valence-electron chi connectivity index (χ4n) is 1.61. The molecule has 0 saturated heterocycles. The van der Waals surface area contributed by atoms with Crippen LogP contribution in [0.1, 0.15) is 45.4 Å². The first-order valence-corrected chi connectivity index (χ1v) is 7.90. The van der Waals surface area contributed by atoms with Gasteiger partial charge in [-0.25, -0.2) is 8.42 Å². The lowest BCUT2D eigenvalue weighted by molar-refractivity contribution is 0.474. The lowest BCUT2D eigenvalue weighted by Gasteiger charge is -2.15. The number of sulfone groups is 1. The largest absolute Gasteiger partial charge is 0.317 e. The maximum absolute atomic E-state index is 11.0. The van der Waals surface area contributed by atoms with Crippen molar-refractivity contribution in [3.63, 3.8) is 0 Å². The van der Waals surface area contributed by atoms with Crippen LogP contribution in [0.4, 0.5) is 0 Å². The van der Waals surface area contributed by atoms with E-state index in [-0.39, 0.29) is 0 Å². The Kier molecular flexibility index (Phi) is 8.06. The van der Waals surface area contributed by atoms with Crippen LogP contribution in [0.3, 0.4) is 0 Å². The highest BCUT2D eigenvalue weighted by molar-refractivity contribution is 7.90. The van der Waals surface area contributed by atoms with Gasteiger partial charge < -0.3 is 5.32 Å². The van der Waals surface area contributed by atoms with Gasteiger partial charge >= 0.3 is 0 Å². The van der Waals surface area contributed by atoms with Crippen LogP contribution < -0.4 is 5.32 Å². The van der Waals surface area contributed by atoms with Crippen molar-refractivity contribution in [2.45, 2.75) is 51.5 Å². The van der Waals surface area contributed by atoms with Crippen LogP contribution in [0, 0.1) is 0 Å². The van der Waals surface area contributed by atoms with Gasteiger partial charge in [0.15, 0.2) is 0 Å². The van der Waals surface area contributed by atoms with Crippen LogP contribution >= 0.6 is 0 Å². The van der Waals surface area contributed by atoms with Gasteiger partial charge in [0.25, 0.3) is 0 Å². The summed E-state index contributed by atoms with van der Waals surface area (Å²) in [6.07, 6.45) is 8.11. The molecule has 0 fully saturated rings. The highest BCUT2D eigenvalue weighted by Crippen LogP contribution is 2.08. The molecule has 15 heavy (non-hydrogen) atoms. The van der Waals surface area contributed by atoms with E-state index >= 15 is 0 Å². The Labute approximate surface area is 94.6 Å². The van der Waals surface area contributed by atoms with E-state index in [9.17, 15) is 8.42 Å². The number of nitrogens with one attached hydrogen (secondary N) is 1. The summed E-state index contributed by atoms with van der Waals surface area (Å²) < 4.78 is 22.0. The Hall–Kier alpha value is -0.0900. The topological polar surface area (TPSA) is 46.2 Å². The van der Waals surface area contributed by atoms with Gasteiger partial charge in [-0.15, -0.1) is 0 Å². The number of hydrogen-bond donors (Lipinski definition) is 1. The zero-order chi connectivity index (χ0) is 11.7. The van der Waals surface area contributed by atoms with Crippen LogP contribution in [-0.4, -0.2) is 33.5 Å². The first kappa shape index (κ1) is 14.9. The van der Waals surface area contributed by atoms with Gasteiger partial charge in [-0.1, -0.05) is 32.6 Å². The molecule has 92 valence electrons. The smallest absolute Gasteiger partial charge is 0.147 e. The highest BCUT2D eigenvalue weighted by atomic mass is 32.2. The fraction of sp³-hybridized carbons (Fsp3) is 1.00. The summed E-state index contributed by atoms with van der Waals surface area (Å²) in [5, 5.41) is 3.19. The highest BCUT2D eigenvalue weighted by Gasteiger charge is 2.09. The average molecular weight is 235 g/mol. The van der Waals surface area contributed by atoms with Gasteiger partial charge in [0.1, 0.15) is 9.84 Å². The Morgan fingerprint density at radius 1 is 1.13 bits per heavy atom. The molecule has 0 aliphatic rings. The minimum atomic E-state index is -2.80. The molecule has 3 nitrogen and oxygen atoms in total. The van der Waals surface area contributed by atoms with Crippen molar-refractivity contribution < 1.29 is 8.42 Å². The summed E-state index contributed by atoms with van der Waals surface area (Å²) in [6, 6.07) is 0.358. The molecule has 0 radical (unpaired) electrons. The summed E-state index contributed by atoms with van der Waals surface area (Å²) in [4.78, 5) is 0. The zero-order valence-corrected chi connectivity index (χ0v) is 11.1. The molecule has 0 heterocycles. The van der Waals surface area contributed by atoms with E-state index in [0.29, 0.717) is 11.8 Å². The Balaban J connectivity index is 3.64. The SMILES string of the molecule is CCCCCCC(CCS(C)(=O)=O)NC. The third-order valence-electron chi connectivity index (χ3n) is 2.65. The van der Waals surface area contributed by atoms with Gasteiger partial charge in [0, 0.05) is 12.3 Å². The Morgan fingerprint density at radius 2 is 1.80 bits per heavy atom. The molecule has 4 heteroatoms. The van der Waals surface area contributed by atoms with Crippen molar-refractivity contribution in [3.05, 3.63) is 0 Å². The van der Waals surface area contributed by atoms with Gasteiger partial charge in [0.2, 0.25) is 0 Å². The normalized spacial score (nSPS) is 14.1. The van der Waals surface area contributed by atoms with E-state index in [1.807, 2.05) is 7.05 Å². The fourth-order valence-corrected chi connectivity index (χ4v) is 2.32. The number of hydrogen-bond acceptors (Lipinski definition) is 3. The van der Waals surface area contributed by atoms with Crippen LogP contribution in [0.2, 0.25) is 0 Å². The summed E-state index contributed by atoms with van der Waals surface area (Å²) >= 11 is 0. The average Bonchev–Trinajstić information content (AvgIpc) is 2.15. The van der Waals surface area contributed by atoms with Crippen molar-refractivity contribution in [3.8, 4) is 0 Å². The first-order chi connectivity index (χ1) is 6.99. The van der Waals surface area contributed by atoms with Crippen molar-refractivity contribution in [2.75, 3.05) is 19.1 Å². The van der Waals surface area contributed by atoms with E-state index in [2.05, 4.69) is 12.2 Å². The molecule has 0 aromatic carbocycles. The second kappa shape index (κ2) is 8.11. The van der Waals surface area contributed by atoms with Crippen LogP contribution in [0.15, 0.2) is 0 Å². The minimum Gasteiger partial charge on any atom is -0.317 e. The molecular formula is C11H25NO2S. The molecule has 1 unspecified atom stereocenters. The molecule has 0 bridgehead atoms. The maximum Gasteiger partial charge on any atom is 0.147 e. The maximum atomic E-state index is 11.0. The summed E-state index contributed by atoms with van der Waals surface area (Å²) in [6.45, 7) is 2.19. The van der Waals surface area contributed by atoms with Crippen molar-refractivity contribution in [1.82, 2.24) is 5.32 Å². The number of unbranched alkanes of at least 4 members (excludes halogenated alkanes) is 3. The molecule has 0 saturated carbocycles. The van der Waals surface area contributed by atoms with Crippen LogP contribution in [-0.2, 0) is 9.84 Å². The quantitative estimate of drug-likeness (QED) is 0.622. The van der Waals surface area contributed by atoms with E-state index < -0.39 is 9.84 Å². The second-order valence-electron chi connectivity index (χ2n) is 4.25. The summed E-state index contributed by atoms with van der Waals surface area (Å²) in [7, 11) is -0.895. The van der Waals surface area contributed by atoms with Crippen molar-refractivity contribution in [2.24, 2.45) is 0 Å².